The van der Waals surface area contributed by atoms with Crippen molar-refractivity contribution in [3.05, 3.63) is 46.3 Å². The average molecular weight is 230 g/mol. The van der Waals surface area contributed by atoms with Crippen molar-refractivity contribution in [2.45, 2.75) is 26.8 Å². The summed E-state index contributed by atoms with van der Waals surface area (Å²) in [5, 5.41) is 3.07. The third kappa shape index (κ3) is 1.98. The smallest absolute Gasteiger partial charge is 0.137 e. The molecule has 2 aromatic rings. The van der Waals surface area contributed by atoms with E-state index >= 15 is 0 Å². The number of pyridine rings is 1. The van der Waals surface area contributed by atoms with Crippen LogP contribution in [-0.4, -0.2) is 4.98 Å². The zero-order chi connectivity index (χ0) is 12.4. The number of hydrogen-bond donors (Lipinski definition) is 0. The Hall–Kier alpha value is -1.97. The van der Waals surface area contributed by atoms with E-state index in [1.165, 1.54) is 0 Å². The molecule has 0 bridgehead atoms. The first-order chi connectivity index (χ1) is 8.15. The minimum atomic E-state index is -0.380. The van der Waals surface area contributed by atoms with Crippen LogP contribution in [0.4, 0.5) is 0 Å². The third-order valence-electron chi connectivity index (χ3n) is 2.90. The highest BCUT2D eigenvalue weighted by Crippen LogP contribution is 2.34. The topological polar surface area (TPSA) is 55.5 Å². The lowest BCUT2D eigenvalue weighted by atomic mass is 10.0. The molecule has 4 nitrogen and oxygen atoms in total. The molecular weight excluding hydrogens is 216 g/mol. The van der Waals surface area contributed by atoms with Gasteiger partial charge in [0.25, 0.3) is 0 Å². The molecule has 88 valence electrons. The van der Waals surface area contributed by atoms with E-state index in [9.17, 15) is 4.91 Å². The molecule has 2 heterocycles. The molecule has 0 aromatic carbocycles. The lowest BCUT2D eigenvalue weighted by Gasteiger charge is -2.02. The van der Waals surface area contributed by atoms with Gasteiger partial charge in [0.2, 0.25) is 0 Å². The molecular formula is C13H14N2O2. The Morgan fingerprint density at radius 1 is 1.29 bits per heavy atom. The van der Waals surface area contributed by atoms with Gasteiger partial charge in [0.05, 0.1) is 0 Å². The van der Waals surface area contributed by atoms with Crippen LogP contribution in [0.3, 0.4) is 0 Å². The molecule has 0 aliphatic rings. The summed E-state index contributed by atoms with van der Waals surface area (Å²) in [4.78, 5) is 14.6. The van der Waals surface area contributed by atoms with Crippen molar-refractivity contribution < 1.29 is 4.42 Å². The summed E-state index contributed by atoms with van der Waals surface area (Å²) in [6, 6.07) is 3.39. The largest absolute Gasteiger partial charge is 0.461 e. The molecule has 1 unspecified atom stereocenters. The predicted molar refractivity (Wildman–Crippen MR) is 65.6 cm³/mol. The highest BCUT2D eigenvalue weighted by Gasteiger charge is 2.20. The highest BCUT2D eigenvalue weighted by molar-refractivity contribution is 5.63. The van der Waals surface area contributed by atoms with Crippen LogP contribution in [0.1, 0.15) is 29.9 Å². The van der Waals surface area contributed by atoms with Crippen LogP contribution in [0.2, 0.25) is 0 Å². The molecule has 0 saturated carbocycles. The average Bonchev–Trinajstić information content (AvgIpc) is 2.65. The van der Waals surface area contributed by atoms with Crippen molar-refractivity contribution in [1.82, 2.24) is 4.98 Å². The van der Waals surface area contributed by atoms with Gasteiger partial charge in [0.1, 0.15) is 17.6 Å². The summed E-state index contributed by atoms with van der Waals surface area (Å²) in [6.07, 6.45) is 3.43. The molecule has 17 heavy (non-hydrogen) atoms. The number of furan rings is 1. The van der Waals surface area contributed by atoms with Crippen molar-refractivity contribution in [2.75, 3.05) is 0 Å². The molecule has 0 amide bonds. The summed E-state index contributed by atoms with van der Waals surface area (Å²) in [6.45, 7) is 5.58. The minimum absolute atomic E-state index is 0.380. The van der Waals surface area contributed by atoms with Gasteiger partial charge in [-0.2, -0.15) is 4.91 Å². The molecule has 1 atom stereocenters. The number of aromatic nitrogens is 1. The monoisotopic (exact) mass is 230 g/mol. The maximum Gasteiger partial charge on any atom is 0.137 e. The van der Waals surface area contributed by atoms with E-state index in [0.29, 0.717) is 0 Å². The molecule has 2 rings (SSSR count). The van der Waals surface area contributed by atoms with Crippen LogP contribution in [0, 0.1) is 18.8 Å². The SMILES string of the molecule is Cc1oc(-c2ccncc2)c(C)c1C(C)N=O. The zero-order valence-electron chi connectivity index (χ0n) is 10.1. The van der Waals surface area contributed by atoms with E-state index in [0.717, 1.165) is 28.2 Å². The van der Waals surface area contributed by atoms with Gasteiger partial charge < -0.3 is 4.42 Å². The second-order valence-corrected chi connectivity index (χ2v) is 4.04. The van der Waals surface area contributed by atoms with Crippen LogP contribution in [0.25, 0.3) is 11.3 Å². The van der Waals surface area contributed by atoms with Crippen LogP contribution in [0.5, 0.6) is 0 Å². The number of rotatable bonds is 3. The number of hydrogen-bond acceptors (Lipinski definition) is 4. The summed E-state index contributed by atoms with van der Waals surface area (Å²) >= 11 is 0. The summed E-state index contributed by atoms with van der Waals surface area (Å²) in [7, 11) is 0. The minimum Gasteiger partial charge on any atom is -0.461 e. The van der Waals surface area contributed by atoms with Gasteiger partial charge in [-0.15, -0.1) is 0 Å². The van der Waals surface area contributed by atoms with Crippen LogP contribution in [0.15, 0.2) is 34.1 Å². The fraction of sp³-hybridized carbons (Fsp3) is 0.308. The van der Waals surface area contributed by atoms with Crippen molar-refractivity contribution in [3.63, 3.8) is 0 Å². The van der Waals surface area contributed by atoms with Gasteiger partial charge in [0, 0.05) is 29.1 Å². The summed E-state index contributed by atoms with van der Waals surface area (Å²) in [5.74, 6) is 1.54. The van der Waals surface area contributed by atoms with Gasteiger partial charge in [0.15, 0.2) is 0 Å². The predicted octanol–water partition coefficient (Wildman–Crippen LogP) is 3.79. The zero-order valence-corrected chi connectivity index (χ0v) is 10.1. The second kappa shape index (κ2) is 4.49. The van der Waals surface area contributed by atoms with E-state index in [1.54, 1.807) is 19.3 Å². The Morgan fingerprint density at radius 2 is 1.94 bits per heavy atom. The van der Waals surface area contributed by atoms with Crippen molar-refractivity contribution in [3.8, 4) is 11.3 Å². The van der Waals surface area contributed by atoms with Crippen molar-refractivity contribution in [2.24, 2.45) is 5.18 Å². The van der Waals surface area contributed by atoms with Crippen molar-refractivity contribution >= 4 is 0 Å². The van der Waals surface area contributed by atoms with E-state index in [-0.39, 0.29) is 6.04 Å². The molecule has 4 heteroatoms. The molecule has 0 aliphatic carbocycles. The number of aryl methyl sites for hydroxylation is 1. The Morgan fingerprint density at radius 3 is 2.53 bits per heavy atom. The van der Waals surface area contributed by atoms with Crippen LogP contribution >= 0.6 is 0 Å². The normalized spacial score (nSPS) is 12.4. The second-order valence-electron chi connectivity index (χ2n) is 4.04. The lowest BCUT2D eigenvalue weighted by Crippen LogP contribution is -1.91. The van der Waals surface area contributed by atoms with E-state index in [2.05, 4.69) is 10.2 Å². The van der Waals surface area contributed by atoms with Crippen LogP contribution < -0.4 is 0 Å². The summed E-state index contributed by atoms with van der Waals surface area (Å²) in [5.41, 5.74) is 2.82. The van der Waals surface area contributed by atoms with Gasteiger partial charge in [-0.25, -0.2) is 0 Å². The molecule has 0 saturated heterocycles. The van der Waals surface area contributed by atoms with Crippen LogP contribution in [-0.2, 0) is 0 Å². The highest BCUT2D eigenvalue weighted by atomic mass is 16.3. The molecule has 0 radical (unpaired) electrons. The maximum absolute atomic E-state index is 10.7. The number of nitroso groups, excluding NO2 is 1. The Bertz CT molecular complexity index is 532. The lowest BCUT2D eigenvalue weighted by molar-refractivity contribution is 0.539. The van der Waals surface area contributed by atoms with E-state index < -0.39 is 0 Å². The first kappa shape index (κ1) is 11.5. The van der Waals surface area contributed by atoms with Gasteiger partial charge in [-0.1, -0.05) is 5.18 Å². The van der Waals surface area contributed by atoms with Gasteiger partial charge in [-0.05, 0) is 32.9 Å². The fourth-order valence-corrected chi connectivity index (χ4v) is 2.11. The number of nitrogens with zero attached hydrogens (tertiary/aromatic N) is 2. The molecule has 0 spiro atoms. The fourth-order valence-electron chi connectivity index (χ4n) is 2.11. The molecule has 0 aliphatic heterocycles. The van der Waals surface area contributed by atoms with Gasteiger partial charge in [-0.3, -0.25) is 4.98 Å². The van der Waals surface area contributed by atoms with E-state index in [4.69, 9.17) is 4.42 Å². The third-order valence-corrected chi connectivity index (χ3v) is 2.90. The molecule has 0 fully saturated rings. The quantitative estimate of drug-likeness (QED) is 0.754. The summed E-state index contributed by atoms with van der Waals surface area (Å²) < 4.78 is 5.73. The Kier molecular flexibility index (Phi) is 3.04. The Balaban J connectivity index is 2.55. The molecule has 2 aromatic heterocycles. The Labute approximate surface area is 99.7 Å². The molecule has 0 N–H and O–H groups in total. The van der Waals surface area contributed by atoms with E-state index in [1.807, 2.05) is 26.0 Å². The van der Waals surface area contributed by atoms with Gasteiger partial charge >= 0.3 is 0 Å². The standard InChI is InChI=1S/C13H14N2O2/c1-8-12(9(2)15-16)10(3)17-13(8)11-4-6-14-7-5-11/h4-7,9H,1-3H3. The first-order valence-electron chi connectivity index (χ1n) is 5.48. The van der Waals surface area contributed by atoms with Crippen molar-refractivity contribution in [1.29, 1.82) is 0 Å². The maximum atomic E-state index is 10.7. The first-order valence-corrected chi connectivity index (χ1v) is 5.48.